The Kier molecular flexibility index (Phi) is 4.57. The fourth-order valence-electron chi connectivity index (χ4n) is 3.11. The molecule has 2 fully saturated rings. The predicted molar refractivity (Wildman–Crippen MR) is 78.8 cm³/mol. The van der Waals surface area contributed by atoms with Gasteiger partial charge in [0, 0.05) is 19.1 Å². The fourth-order valence-corrected chi connectivity index (χ4v) is 3.11. The molecule has 2 saturated heterocycles. The second-order valence-electron chi connectivity index (χ2n) is 6.58. The molecule has 0 saturated carbocycles. The Morgan fingerprint density at radius 2 is 2.24 bits per heavy atom. The number of morpholine rings is 1. The summed E-state index contributed by atoms with van der Waals surface area (Å²) in [5.74, 6) is 2.10. The lowest BCUT2D eigenvalue weighted by molar-refractivity contribution is -0.0450. The van der Waals surface area contributed by atoms with Gasteiger partial charge in [0.15, 0.2) is 0 Å². The number of hydrogen-bond donors (Lipinski definition) is 1. The van der Waals surface area contributed by atoms with Crippen LogP contribution in [0.2, 0.25) is 0 Å². The summed E-state index contributed by atoms with van der Waals surface area (Å²) >= 11 is 0. The Hall–Kier alpha value is -0.980. The van der Waals surface area contributed by atoms with Gasteiger partial charge in [0.25, 0.3) is 0 Å². The van der Waals surface area contributed by atoms with Gasteiger partial charge in [0.1, 0.15) is 6.10 Å². The van der Waals surface area contributed by atoms with Gasteiger partial charge in [-0.25, -0.2) is 0 Å². The summed E-state index contributed by atoms with van der Waals surface area (Å²) in [6.45, 7) is 10.2. The second kappa shape index (κ2) is 6.42. The first-order valence-corrected chi connectivity index (χ1v) is 8.06. The van der Waals surface area contributed by atoms with Crippen LogP contribution < -0.4 is 5.32 Å². The monoisotopic (exact) mass is 294 g/mol. The van der Waals surface area contributed by atoms with Gasteiger partial charge in [0.2, 0.25) is 11.7 Å². The molecule has 6 heteroatoms. The van der Waals surface area contributed by atoms with Crippen molar-refractivity contribution in [2.24, 2.45) is 5.92 Å². The molecular formula is C15H26N4O2. The fraction of sp³-hybridized carbons (Fsp3) is 0.867. The number of aromatic nitrogens is 2. The Morgan fingerprint density at radius 1 is 1.38 bits per heavy atom. The maximum atomic E-state index is 5.82. The smallest absolute Gasteiger partial charge is 0.243 e. The van der Waals surface area contributed by atoms with E-state index in [9.17, 15) is 0 Å². The van der Waals surface area contributed by atoms with Crippen molar-refractivity contribution < 1.29 is 9.26 Å². The van der Waals surface area contributed by atoms with Gasteiger partial charge >= 0.3 is 0 Å². The van der Waals surface area contributed by atoms with Gasteiger partial charge in [-0.3, -0.25) is 4.90 Å². The van der Waals surface area contributed by atoms with Crippen molar-refractivity contribution in [3.8, 4) is 0 Å². The maximum Gasteiger partial charge on any atom is 0.243 e. The molecule has 1 N–H and O–H groups in total. The third-order valence-electron chi connectivity index (χ3n) is 4.54. The quantitative estimate of drug-likeness (QED) is 0.919. The average Bonchev–Trinajstić information content (AvgIpc) is 2.97. The molecule has 3 heterocycles. The summed E-state index contributed by atoms with van der Waals surface area (Å²) < 4.78 is 11.3. The van der Waals surface area contributed by atoms with Crippen LogP contribution in [-0.4, -0.2) is 47.3 Å². The third-order valence-corrected chi connectivity index (χ3v) is 4.54. The zero-order valence-electron chi connectivity index (χ0n) is 13.2. The van der Waals surface area contributed by atoms with E-state index >= 15 is 0 Å². The molecule has 3 atom stereocenters. The van der Waals surface area contributed by atoms with Gasteiger partial charge in [0.05, 0.1) is 12.6 Å². The molecule has 3 unspecified atom stereocenters. The Bertz CT molecular complexity index is 462. The first-order valence-electron chi connectivity index (χ1n) is 8.06. The van der Waals surface area contributed by atoms with Crippen molar-refractivity contribution in [2.75, 3.05) is 26.2 Å². The number of nitrogens with one attached hydrogen (secondary N) is 1. The molecule has 118 valence electrons. The molecule has 1 aromatic heterocycles. The van der Waals surface area contributed by atoms with Crippen LogP contribution in [0, 0.1) is 5.92 Å². The highest BCUT2D eigenvalue weighted by atomic mass is 16.5. The molecule has 0 radical (unpaired) electrons. The summed E-state index contributed by atoms with van der Waals surface area (Å²) in [5, 5.41) is 7.62. The van der Waals surface area contributed by atoms with Crippen LogP contribution in [0.5, 0.6) is 0 Å². The highest BCUT2D eigenvalue weighted by Gasteiger charge is 2.30. The van der Waals surface area contributed by atoms with Crippen LogP contribution >= 0.6 is 0 Å². The highest BCUT2D eigenvalue weighted by molar-refractivity contribution is 4.99. The van der Waals surface area contributed by atoms with Crippen molar-refractivity contribution in [1.29, 1.82) is 0 Å². The van der Waals surface area contributed by atoms with E-state index in [2.05, 4.69) is 41.1 Å². The summed E-state index contributed by atoms with van der Waals surface area (Å²) in [4.78, 5) is 6.99. The molecule has 0 spiro atoms. The lowest BCUT2D eigenvalue weighted by atomic mass is 9.94. The zero-order chi connectivity index (χ0) is 14.8. The van der Waals surface area contributed by atoms with E-state index in [-0.39, 0.29) is 12.1 Å². The van der Waals surface area contributed by atoms with Gasteiger partial charge in [-0.2, -0.15) is 4.98 Å². The van der Waals surface area contributed by atoms with Crippen LogP contribution in [0.15, 0.2) is 4.52 Å². The lowest BCUT2D eigenvalue weighted by Gasteiger charge is -2.34. The van der Waals surface area contributed by atoms with E-state index in [1.54, 1.807) is 0 Å². The van der Waals surface area contributed by atoms with Crippen molar-refractivity contribution >= 4 is 0 Å². The van der Waals surface area contributed by atoms with Crippen LogP contribution in [-0.2, 0) is 4.74 Å². The van der Waals surface area contributed by atoms with Crippen molar-refractivity contribution in [1.82, 2.24) is 20.4 Å². The van der Waals surface area contributed by atoms with Gasteiger partial charge in [-0.1, -0.05) is 12.1 Å². The van der Waals surface area contributed by atoms with Crippen LogP contribution in [0.25, 0.3) is 0 Å². The van der Waals surface area contributed by atoms with Gasteiger partial charge in [-0.05, 0) is 39.2 Å². The van der Waals surface area contributed by atoms with Gasteiger partial charge in [-0.15, -0.1) is 0 Å². The van der Waals surface area contributed by atoms with Crippen molar-refractivity contribution in [2.45, 2.75) is 51.8 Å². The van der Waals surface area contributed by atoms with E-state index in [1.807, 2.05) is 0 Å². The minimum Gasteiger partial charge on any atom is -0.367 e. The summed E-state index contributed by atoms with van der Waals surface area (Å²) in [6, 6.07) is 0.712. The minimum atomic E-state index is -0.0698. The van der Waals surface area contributed by atoms with Gasteiger partial charge < -0.3 is 14.6 Å². The van der Waals surface area contributed by atoms with Crippen molar-refractivity contribution in [3.05, 3.63) is 11.7 Å². The second-order valence-corrected chi connectivity index (χ2v) is 6.58. The molecule has 0 amide bonds. The Morgan fingerprint density at radius 3 is 3.00 bits per heavy atom. The van der Waals surface area contributed by atoms with Crippen LogP contribution in [0.3, 0.4) is 0 Å². The topological polar surface area (TPSA) is 63.4 Å². The standard InChI is InChI=1S/C15H26N4O2/c1-10(2)19-6-7-20-13(9-19)14-17-15(21-18-14)12-8-11(3)4-5-16-12/h10-13,16H,4-9H2,1-3H3. The molecule has 2 aliphatic rings. The number of nitrogens with zero attached hydrogens (tertiary/aromatic N) is 3. The molecule has 1 aromatic rings. The number of rotatable bonds is 3. The Labute approximate surface area is 126 Å². The normalized spacial score (nSPS) is 31.7. The average molecular weight is 294 g/mol. The van der Waals surface area contributed by atoms with E-state index < -0.39 is 0 Å². The molecule has 21 heavy (non-hydrogen) atoms. The van der Waals surface area contributed by atoms with E-state index in [1.165, 1.54) is 6.42 Å². The molecule has 3 rings (SSSR count). The summed E-state index contributed by atoms with van der Waals surface area (Å²) in [7, 11) is 0. The number of piperidine rings is 1. The summed E-state index contributed by atoms with van der Waals surface area (Å²) in [5.41, 5.74) is 0. The molecule has 6 nitrogen and oxygen atoms in total. The molecule has 2 aliphatic heterocycles. The summed E-state index contributed by atoms with van der Waals surface area (Å²) in [6.07, 6.45) is 2.21. The van der Waals surface area contributed by atoms with E-state index in [0.717, 1.165) is 32.7 Å². The molecular weight excluding hydrogens is 268 g/mol. The van der Waals surface area contributed by atoms with Crippen LogP contribution in [0.4, 0.5) is 0 Å². The maximum absolute atomic E-state index is 5.82. The third kappa shape index (κ3) is 3.44. The van der Waals surface area contributed by atoms with Crippen molar-refractivity contribution in [3.63, 3.8) is 0 Å². The van der Waals surface area contributed by atoms with Crippen LogP contribution in [0.1, 0.15) is 57.5 Å². The highest BCUT2D eigenvalue weighted by Crippen LogP contribution is 2.28. The SMILES string of the molecule is CC1CCNC(c2nc(C3CN(C(C)C)CCO3)no2)C1. The first kappa shape index (κ1) is 14.9. The van der Waals surface area contributed by atoms with E-state index in [4.69, 9.17) is 9.26 Å². The first-order chi connectivity index (χ1) is 10.1. The Balaban J connectivity index is 1.66. The number of ether oxygens (including phenoxy) is 1. The largest absolute Gasteiger partial charge is 0.367 e. The number of hydrogen-bond acceptors (Lipinski definition) is 6. The zero-order valence-corrected chi connectivity index (χ0v) is 13.2. The molecule has 0 aromatic carbocycles. The van der Waals surface area contributed by atoms with E-state index in [0.29, 0.717) is 23.7 Å². The minimum absolute atomic E-state index is 0.0698. The predicted octanol–water partition coefficient (Wildman–Crippen LogP) is 1.91. The molecule has 0 aliphatic carbocycles. The lowest BCUT2D eigenvalue weighted by Crippen LogP contribution is -2.42. The molecule has 0 bridgehead atoms.